The SMILES string of the molecule is C=C(NC[C@H]1CC[C@H](NCC(=O)NC2(C)CCC2)CC1)c1cc(Cl)cc(Cl)c1. The molecule has 1 amide bonds. The van der Waals surface area contributed by atoms with Crippen LogP contribution < -0.4 is 16.0 Å². The molecule has 4 nitrogen and oxygen atoms in total. The number of nitrogens with one attached hydrogen (secondary N) is 3. The molecule has 2 aliphatic rings. The minimum absolute atomic E-state index is 0.0394. The highest BCUT2D eigenvalue weighted by Gasteiger charge is 2.33. The van der Waals surface area contributed by atoms with Crippen LogP contribution in [0.1, 0.15) is 57.4 Å². The molecule has 0 heterocycles. The number of halogens is 2. The molecule has 0 radical (unpaired) electrons. The lowest BCUT2D eigenvalue weighted by molar-refractivity contribution is -0.123. The van der Waals surface area contributed by atoms with Gasteiger partial charge >= 0.3 is 0 Å². The lowest BCUT2D eigenvalue weighted by atomic mass is 9.78. The second-order valence-electron chi connectivity index (χ2n) is 8.58. The third kappa shape index (κ3) is 6.13. The van der Waals surface area contributed by atoms with Gasteiger partial charge in [-0.1, -0.05) is 29.8 Å². The molecule has 3 N–H and O–H groups in total. The van der Waals surface area contributed by atoms with E-state index >= 15 is 0 Å². The van der Waals surface area contributed by atoms with E-state index in [0.717, 1.165) is 56.3 Å². The van der Waals surface area contributed by atoms with E-state index in [1.807, 2.05) is 12.1 Å². The molecule has 6 heteroatoms. The van der Waals surface area contributed by atoms with Crippen LogP contribution in [-0.4, -0.2) is 30.6 Å². The van der Waals surface area contributed by atoms with Gasteiger partial charge in [0.25, 0.3) is 0 Å². The van der Waals surface area contributed by atoms with Gasteiger partial charge in [-0.05, 0) is 81.5 Å². The molecule has 2 fully saturated rings. The molecule has 28 heavy (non-hydrogen) atoms. The van der Waals surface area contributed by atoms with Gasteiger partial charge < -0.3 is 16.0 Å². The summed E-state index contributed by atoms with van der Waals surface area (Å²) in [4.78, 5) is 12.1. The maximum atomic E-state index is 12.1. The van der Waals surface area contributed by atoms with Crippen LogP contribution in [0.5, 0.6) is 0 Å². The highest BCUT2D eigenvalue weighted by Crippen LogP contribution is 2.30. The minimum Gasteiger partial charge on any atom is -0.385 e. The summed E-state index contributed by atoms with van der Waals surface area (Å²) in [5, 5.41) is 11.3. The molecule has 0 aliphatic heterocycles. The maximum Gasteiger partial charge on any atom is 0.234 e. The number of hydrogen-bond acceptors (Lipinski definition) is 3. The Balaban J connectivity index is 1.33. The predicted octanol–water partition coefficient (Wildman–Crippen LogP) is 4.76. The van der Waals surface area contributed by atoms with Crippen molar-refractivity contribution in [2.75, 3.05) is 13.1 Å². The van der Waals surface area contributed by atoms with Crippen molar-refractivity contribution in [3.8, 4) is 0 Å². The minimum atomic E-state index is 0.0394. The van der Waals surface area contributed by atoms with Gasteiger partial charge in [-0.15, -0.1) is 0 Å². The summed E-state index contributed by atoms with van der Waals surface area (Å²) < 4.78 is 0. The van der Waals surface area contributed by atoms with Crippen LogP contribution in [-0.2, 0) is 4.79 Å². The summed E-state index contributed by atoms with van der Waals surface area (Å²) in [7, 11) is 0. The van der Waals surface area contributed by atoms with Gasteiger partial charge in [0.05, 0.1) is 6.54 Å². The van der Waals surface area contributed by atoms with E-state index in [1.54, 1.807) is 6.07 Å². The number of carbonyl (C=O) groups excluding carboxylic acids is 1. The molecular formula is C22H31Cl2N3O. The molecule has 3 rings (SSSR count). The van der Waals surface area contributed by atoms with Crippen LogP contribution >= 0.6 is 23.2 Å². The smallest absolute Gasteiger partial charge is 0.234 e. The average molecular weight is 424 g/mol. The topological polar surface area (TPSA) is 53.2 Å². The number of carbonyl (C=O) groups is 1. The van der Waals surface area contributed by atoms with E-state index in [9.17, 15) is 4.79 Å². The summed E-state index contributed by atoms with van der Waals surface area (Å²) >= 11 is 12.1. The Morgan fingerprint density at radius 2 is 1.79 bits per heavy atom. The Labute approximate surface area is 178 Å². The molecular weight excluding hydrogens is 393 g/mol. The first-order valence-corrected chi connectivity index (χ1v) is 11.0. The standard InChI is InChI=1S/C22H31Cl2N3O/c1-15(17-10-18(23)12-19(24)11-17)25-13-16-4-6-20(7-5-16)26-14-21(28)27-22(2)8-3-9-22/h10-12,16,20,25-26H,1,3-9,13-14H2,2H3,(H,27,28)/t16-,20-. The Bertz CT molecular complexity index is 689. The van der Waals surface area contributed by atoms with Gasteiger partial charge in [-0.25, -0.2) is 0 Å². The van der Waals surface area contributed by atoms with Crippen LogP contribution in [0.3, 0.4) is 0 Å². The number of amides is 1. The molecule has 2 saturated carbocycles. The Morgan fingerprint density at radius 3 is 2.36 bits per heavy atom. The number of rotatable bonds is 8. The largest absolute Gasteiger partial charge is 0.385 e. The highest BCUT2D eigenvalue weighted by molar-refractivity contribution is 6.34. The van der Waals surface area contributed by atoms with E-state index in [2.05, 4.69) is 29.5 Å². The van der Waals surface area contributed by atoms with Crippen molar-refractivity contribution in [3.63, 3.8) is 0 Å². The fourth-order valence-electron chi connectivity index (χ4n) is 4.12. The summed E-state index contributed by atoms with van der Waals surface area (Å²) in [6, 6.07) is 5.91. The number of benzene rings is 1. The van der Waals surface area contributed by atoms with Gasteiger partial charge in [0.1, 0.15) is 0 Å². The van der Waals surface area contributed by atoms with Crippen molar-refractivity contribution in [2.45, 2.75) is 63.5 Å². The zero-order valence-corrected chi connectivity index (χ0v) is 18.1. The molecule has 0 bridgehead atoms. The first-order chi connectivity index (χ1) is 13.3. The molecule has 0 saturated heterocycles. The zero-order valence-electron chi connectivity index (χ0n) is 16.6. The fraction of sp³-hybridized carbons (Fsp3) is 0.591. The van der Waals surface area contributed by atoms with E-state index in [1.165, 1.54) is 6.42 Å². The normalized spacial score (nSPS) is 23.5. The highest BCUT2D eigenvalue weighted by atomic mass is 35.5. The maximum absolute atomic E-state index is 12.1. The van der Waals surface area contributed by atoms with E-state index < -0.39 is 0 Å². The molecule has 154 valence electrons. The van der Waals surface area contributed by atoms with Crippen LogP contribution in [0.25, 0.3) is 5.70 Å². The lowest BCUT2D eigenvalue weighted by Crippen LogP contribution is -2.53. The van der Waals surface area contributed by atoms with E-state index in [0.29, 0.717) is 28.5 Å². The van der Waals surface area contributed by atoms with Crippen molar-refractivity contribution in [2.24, 2.45) is 5.92 Å². The molecule has 0 aromatic heterocycles. The van der Waals surface area contributed by atoms with Crippen molar-refractivity contribution in [3.05, 3.63) is 40.4 Å². The summed E-state index contributed by atoms with van der Waals surface area (Å²) in [5.74, 6) is 0.745. The summed E-state index contributed by atoms with van der Waals surface area (Å²) in [6.07, 6.45) is 7.92. The van der Waals surface area contributed by atoms with Crippen molar-refractivity contribution < 1.29 is 4.79 Å². The molecule has 0 unspecified atom stereocenters. The Kier molecular flexibility index (Phi) is 7.30. The summed E-state index contributed by atoms with van der Waals surface area (Å²) in [6.45, 7) is 7.57. The molecule has 1 aromatic carbocycles. The van der Waals surface area contributed by atoms with Gasteiger partial charge in [0.2, 0.25) is 5.91 Å². The fourth-order valence-corrected chi connectivity index (χ4v) is 4.64. The van der Waals surface area contributed by atoms with Crippen molar-refractivity contribution in [1.82, 2.24) is 16.0 Å². The van der Waals surface area contributed by atoms with Crippen molar-refractivity contribution >= 4 is 34.8 Å². The van der Waals surface area contributed by atoms with Crippen LogP contribution in [0.2, 0.25) is 10.0 Å². The second-order valence-corrected chi connectivity index (χ2v) is 9.45. The van der Waals surface area contributed by atoms with Crippen LogP contribution in [0, 0.1) is 5.92 Å². The average Bonchev–Trinajstić information content (AvgIpc) is 2.63. The van der Waals surface area contributed by atoms with Crippen molar-refractivity contribution in [1.29, 1.82) is 0 Å². The number of hydrogen-bond donors (Lipinski definition) is 3. The van der Waals surface area contributed by atoms with E-state index in [-0.39, 0.29) is 11.4 Å². The van der Waals surface area contributed by atoms with Gasteiger partial charge in [-0.3, -0.25) is 4.79 Å². The third-order valence-electron chi connectivity index (χ3n) is 6.11. The monoisotopic (exact) mass is 423 g/mol. The van der Waals surface area contributed by atoms with Gasteiger partial charge in [-0.2, -0.15) is 0 Å². The molecule has 2 aliphatic carbocycles. The van der Waals surface area contributed by atoms with E-state index in [4.69, 9.17) is 23.2 Å². The zero-order chi connectivity index (χ0) is 20.1. The first-order valence-electron chi connectivity index (χ1n) is 10.3. The first kappa shape index (κ1) is 21.5. The molecule has 0 spiro atoms. The third-order valence-corrected chi connectivity index (χ3v) is 6.55. The van der Waals surface area contributed by atoms with Crippen LogP contribution in [0.4, 0.5) is 0 Å². The van der Waals surface area contributed by atoms with Gasteiger partial charge in [0, 0.05) is 33.9 Å². The summed E-state index contributed by atoms with van der Waals surface area (Å²) in [5.41, 5.74) is 1.82. The quantitative estimate of drug-likeness (QED) is 0.564. The molecule has 1 aromatic rings. The predicted molar refractivity (Wildman–Crippen MR) is 118 cm³/mol. The second kappa shape index (κ2) is 9.51. The molecule has 0 atom stereocenters. The Morgan fingerprint density at radius 1 is 1.14 bits per heavy atom. The Hall–Kier alpha value is -1.23. The van der Waals surface area contributed by atoms with Gasteiger partial charge in [0.15, 0.2) is 0 Å². The lowest BCUT2D eigenvalue weighted by Gasteiger charge is -2.39. The van der Waals surface area contributed by atoms with Crippen LogP contribution in [0.15, 0.2) is 24.8 Å².